The molecule has 6 heteroatoms. The van der Waals surface area contributed by atoms with E-state index in [1.54, 1.807) is 6.08 Å². The summed E-state index contributed by atoms with van der Waals surface area (Å²) < 4.78 is 0. The average Bonchev–Trinajstić information content (AvgIpc) is 2.91. The van der Waals surface area contributed by atoms with Crippen molar-refractivity contribution in [1.29, 1.82) is 5.26 Å². The molecule has 24 heavy (non-hydrogen) atoms. The summed E-state index contributed by atoms with van der Waals surface area (Å²) in [7, 11) is 0. The van der Waals surface area contributed by atoms with Crippen LogP contribution in [0, 0.1) is 11.3 Å². The Bertz CT molecular complexity index is 825. The standard InChI is InChI=1S/C18H14N4OS/c19-11-12-24-18-20-16(13-14-7-3-1-4-8-14)17(23)22(18)21-15-9-5-2-6-10-15/h1-10,13,21H,12H2/b16-13-. The first-order valence-electron chi connectivity index (χ1n) is 7.29. The van der Waals surface area contributed by atoms with Crippen molar-refractivity contribution in [3.8, 4) is 6.07 Å². The van der Waals surface area contributed by atoms with Crippen molar-refractivity contribution >= 4 is 34.6 Å². The molecule has 1 aliphatic rings. The normalized spacial score (nSPS) is 15.3. The molecule has 3 rings (SSSR count). The quantitative estimate of drug-likeness (QED) is 0.869. The molecule has 0 saturated heterocycles. The molecule has 0 atom stereocenters. The first-order valence-corrected chi connectivity index (χ1v) is 8.28. The fourth-order valence-corrected chi connectivity index (χ4v) is 2.75. The van der Waals surface area contributed by atoms with Gasteiger partial charge in [-0.05, 0) is 23.8 Å². The lowest BCUT2D eigenvalue weighted by molar-refractivity contribution is -0.121. The highest BCUT2D eigenvalue weighted by Crippen LogP contribution is 2.24. The lowest BCUT2D eigenvalue weighted by Crippen LogP contribution is -2.36. The molecule has 0 radical (unpaired) electrons. The summed E-state index contributed by atoms with van der Waals surface area (Å²) >= 11 is 1.22. The Kier molecular flexibility index (Phi) is 4.94. The second-order valence-electron chi connectivity index (χ2n) is 4.90. The maximum absolute atomic E-state index is 12.7. The van der Waals surface area contributed by atoms with Crippen LogP contribution in [-0.4, -0.2) is 21.8 Å². The summed E-state index contributed by atoms with van der Waals surface area (Å²) in [4.78, 5) is 17.1. The van der Waals surface area contributed by atoms with Crippen molar-refractivity contribution in [3.63, 3.8) is 0 Å². The number of carbonyl (C=O) groups excluding carboxylic acids is 1. The van der Waals surface area contributed by atoms with Crippen LogP contribution in [0.1, 0.15) is 5.56 Å². The molecule has 1 amide bonds. The number of para-hydroxylation sites is 1. The van der Waals surface area contributed by atoms with Gasteiger partial charge in [0.2, 0.25) is 0 Å². The average molecular weight is 334 g/mol. The van der Waals surface area contributed by atoms with Gasteiger partial charge >= 0.3 is 0 Å². The Morgan fingerprint density at radius 1 is 1.12 bits per heavy atom. The molecule has 0 spiro atoms. The van der Waals surface area contributed by atoms with Gasteiger partial charge in [0.15, 0.2) is 5.17 Å². The van der Waals surface area contributed by atoms with E-state index in [0.717, 1.165) is 11.3 Å². The molecule has 118 valence electrons. The Morgan fingerprint density at radius 3 is 2.46 bits per heavy atom. The van der Waals surface area contributed by atoms with Gasteiger partial charge in [-0.2, -0.15) is 10.3 Å². The Morgan fingerprint density at radius 2 is 1.79 bits per heavy atom. The van der Waals surface area contributed by atoms with E-state index < -0.39 is 0 Å². The number of hydrogen-bond acceptors (Lipinski definition) is 5. The highest BCUT2D eigenvalue weighted by Gasteiger charge is 2.31. The van der Waals surface area contributed by atoms with Crippen LogP contribution in [0.3, 0.4) is 0 Å². The molecule has 0 fully saturated rings. The van der Waals surface area contributed by atoms with E-state index in [-0.39, 0.29) is 11.7 Å². The highest BCUT2D eigenvalue weighted by molar-refractivity contribution is 8.14. The number of benzene rings is 2. The second-order valence-corrected chi connectivity index (χ2v) is 5.84. The van der Waals surface area contributed by atoms with Crippen LogP contribution in [-0.2, 0) is 4.79 Å². The van der Waals surface area contributed by atoms with Crippen LogP contribution >= 0.6 is 11.8 Å². The summed E-state index contributed by atoms with van der Waals surface area (Å²) in [6, 6.07) is 21.0. The van der Waals surface area contributed by atoms with Crippen molar-refractivity contribution < 1.29 is 4.79 Å². The van der Waals surface area contributed by atoms with Crippen LogP contribution in [0.4, 0.5) is 5.69 Å². The highest BCUT2D eigenvalue weighted by atomic mass is 32.2. The number of amidine groups is 1. The first kappa shape index (κ1) is 15.8. The Labute approximate surface area is 144 Å². The number of amides is 1. The zero-order valence-electron chi connectivity index (χ0n) is 12.7. The fourth-order valence-electron chi connectivity index (χ4n) is 2.14. The summed E-state index contributed by atoms with van der Waals surface area (Å²) in [5, 5.41) is 10.7. The molecular weight excluding hydrogens is 320 g/mol. The maximum Gasteiger partial charge on any atom is 0.297 e. The third kappa shape index (κ3) is 3.65. The topological polar surface area (TPSA) is 68.5 Å². The third-order valence-corrected chi connectivity index (χ3v) is 4.02. The summed E-state index contributed by atoms with van der Waals surface area (Å²) in [5.74, 6) is -0.0271. The number of rotatable bonds is 4. The zero-order chi connectivity index (χ0) is 16.8. The predicted molar refractivity (Wildman–Crippen MR) is 96.8 cm³/mol. The summed E-state index contributed by atoms with van der Waals surface area (Å²) in [6.45, 7) is 0. The monoisotopic (exact) mass is 334 g/mol. The number of nitrogens with zero attached hydrogens (tertiary/aromatic N) is 3. The number of anilines is 1. The zero-order valence-corrected chi connectivity index (χ0v) is 13.5. The Hall–Kier alpha value is -3.04. The van der Waals surface area contributed by atoms with Crippen molar-refractivity contribution in [3.05, 3.63) is 71.9 Å². The number of hydrazine groups is 1. The van der Waals surface area contributed by atoms with Gasteiger partial charge in [-0.25, -0.2) is 4.99 Å². The van der Waals surface area contributed by atoms with E-state index in [1.807, 2.05) is 60.7 Å². The molecular formula is C18H14N4OS. The smallest absolute Gasteiger partial charge is 0.289 e. The van der Waals surface area contributed by atoms with Crippen molar-refractivity contribution in [2.75, 3.05) is 11.2 Å². The van der Waals surface area contributed by atoms with Gasteiger partial charge in [-0.15, -0.1) is 0 Å². The number of thioether (sulfide) groups is 1. The van der Waals surface area contributed by atoms with Crippen LogP contribution in [0.2, 0.25) is 0 Å². The molecule has 1 N–H and O–H groups in total. The van der Waals surface area contributed by atoms with Gasteiger partial charge < -0.3 is 0 Å². The minimum Gasteiger partial charge on any atom is -0.289 e. The van der Waals surface area contributed by atoms with Gasteiger partial charge in [0, 0.05) is 0 Å². The molecule has 1 heterocycles. The van der Waals surface area contributed by atoms with E-state index in [2.05, 4.69) is 16.5 Å². The minimum absolute atomic E-state index is 0.220. The Balaban J connectivity index is 1.88. The third-order valence-electron chi connectivity index (χ3n) is 3.21. The van der Waals surface area contributed by atoms with Gasteiger partial charge in [0.1, 0.15) is 5.70 Å². The second kappa shape index (κ2) is 7.49. The number of nitriles is 1. The number of carbonyl (C=O) groups is 1. The van der Waals surface area contributed by atoms with Crippen LogP contribution < -0.4 is 5.43 Å². The molecule has 0 aliphatic carbocycles. The molecule has 2 aromatic carbocycles. The SMILES string of the molecule is N#CCSC1=N/C(=C\c2ccccc2)C(=O)N1Nc1ccccc1. The summed E-state index contributed by atoms with van der Waals surface area (Å²) in [6.07, 6.45) is 1.74. The summed E-state index contributed by atoms with van der Waals surface area (Å²) in [5.41, 5.74) is 5.06. The van der Waals surface area contributed by atoms with Gasteiger partial charge in [0.05, 0.1) is 17.5 Å². The van der Waals surface area contributed by atoms with Crippen molar-refractivity contribution in [1.82, 2.24) is 5.01 Å². The fraction of sp³-hybridized carbons (Fsp3) is 0.0556. The lowest BCUT2D eigenvalue weighted by atomic mass is 10.2. The van der Waals surface area contributed by atoms with E-state index in [4.69, 9.17) is 5.26 Å². The molecule has 0 bridgehead atoms. The first-order chi connectivity index (χ1) is 11.8. The van der Waals surface area contributed by atoms with Crippen LogP contribution in [0.25, 0.3) is 6.08 Å². The van der Waals surface area contributed by atoms with E-state index in [1.165, 1.54) is 16.8 Å². The minimum atomic E-state index is -0.247. The van der Waals surface area contributed by atoms with Gasteiger partial charge in [-0.1, -0.05) is 60.3 Å². The van der Waals surface area contributed by atoms with Gasteiger partial charge in [0.25, 0.3) is 5.91 Å². The number of aliphatic imine (C=N–C) groups is 1. The van der Waals surface area contributed by atoms with Crippen LogP contribution in [0.15, 0.2) is 71.4 Å². The molecule has 2 aromatic rings. The molecule has 0 unspecified atom stereocenters. The van der Waals surface area contributed by atoms with E-state index >= 15 is 0 Å². The number of nitrogens with one attached hydrogen (secondary N) is 1. The van der Waals surface area contributed by atoms with Crippen LogP contribution in [0.5, 0.6) is 0 Å². The molecule has 1 aliphatic heterocycles. The van der Waals surface area contributed by atoms with E-state index in [9.17, 15) is 4.79 Å². The van der Waals surface area contributed by atoms with Crippen molar-refractivity contribution in [2.45, 2.75) is 0 Å². The lowest BCUT2D eigenvalue weighted by Gasteiger charge is -2.19. The molecule has 0 saturated carbocycles. The largest absolute Gasteiger partial charge is 0.297 e. The predicted octanol–water partition coefficient (Wildman–Crippen LogP) is 3.51. The molecule has 0 aromatic heterocycles. The molecule has 5 nitrogen and oxygen atoms in total. The van der Waals surface area contributed by atoms with Gasteiger partial charge in [-0.3, -0.25) is 10.2 Å². The van der Waals surface area contributed by atoms with E-state index in [0.29, 0.717) is 10.9 Å². The number of hydrogen-bond donors (Lipinski definition) is 1. The van der Waals surface area contributed by atoms with Crippen molar-refractivity contribution in [2.24, 2.45) is 4.99 Å². The maximum atomic E-state index is 12.7.